The quantitative estimate of drug-likeness (QED) is 0.663. The highest BCUT2D eigenvalue weighted by Gasteiger charge is 2.15. The highest BCUT2D eigenvalue weighted by molar-refractivity contribution is 5.74. The van der Waals surface area contributed by atoms with Gasteiger partial charge >= 0.3 is 6.03 Å². The smallest absolute Gasteiger partial charge is 0.317 e. The Morgan fingerprint density at radius 2 is 2.21 bits per heavy atom. The fourth-order valence-electron chi connectivity index (χ4n) is 1.62. The van der Waals surface area contributed by atoms with Crippen molar-refractivity contribution in [3.05, 3.63) is 0 Å². The van der Waals surface area contributed by atoms with Crippen LogP contribution in [0.2, 0.25) is 0 Å². The summed E-state index contributed by atoms with van der Waals surface area (Å²) in [7, 11) is 4.15. The zero-order chi connectivity index (χ0) is 10.4. The van der Waals surface area contributed by atoms with Crippen molar-refractivity contribution in [2.75, 3.05) is 40.3 Å². The molecule has 0 aromatic carbocycles. The lowest BCUT2D eigenvalue weighted by molar-refractivity contribution is 0.184. The summed E-state index contributed by atoms with van der Waals surface area (Å²) in [5.41, 5.74) is 0. The van der Waals surface area contributed by atoms with Crippen LogP contribution in [-0.4, -0.2) is 56.1 Å². The second-order valence-corrected chi connectivity index (χ2v) is 4.08. The Bertz CT molecular complexity index is 182. The lowest BCUT2D eigenvalue weighted by atomic mass is 10.2. The van der Waals surface area contributed by atoms with E-state index in [0.29, 0.717) is 0 Å². The molecule has 1 fully saturated rings. The molecule has 0 spiro atoms. The second-order valence-electron chi connectivity index (χ2n) is 4.08. The molecule has 1 N–H and O–H groups in total. The first kappa shape index (κ1) is 11.3. The lowest BCUT2D eigenvalue weighted by Crippen LogP contribution is -2.46. The Hall–Kier alpha value is -0.770. The van der Waals surface area contributed by atoms with Crippen LogP contribution in [0.1, 0.15) is 19.3 Å². The van der Waals surface area contributed by atoms with Gasteiger partial charge in [0.15, 0.2) is 0 Å². The van der Waals surface area contributed by atoms with E-state index >= 15 is 0 Å². The first-order chi connectivity index (χ1) is 6.70. The molecule has 1 heterocycles. The van der Waals surface area contributed by atoms with E-state index in [4.69, 9.17) is 0 Å². The zero-order valence-corrected chi connectivity index (χ0v) is 9.25. The number of unbranched alkanes of at least 4 members (excludes halogenated alkanes) is 1. The van der Waals surface area contributed by atoms with Crippen molar-refractivity contribution in [3.63, 3.8) is 0 Å². The van der Waals surface area contributed by atoms with Crippen LogP contribution in [0.3, 0.4) is 0 Å². The highest BCUT2D eigenvalue weighted by atomic mass is 16.2. The molecule has 14 heavy (non-hydrogen) atoms. The summed E-state index contributed by atoms with van der Waals surface area (Å²) < 4.78 is 0. The number of nitrogens with zero attached hydrogens (tertiary/aromatic N) is 2. The molecular weight excluding hydrogens is 178 g/mol. The van der Waals surface area contributed by atoms with Gasteiger partial charge in [-0.05, 0) is 39.9 Å². The summed E-state index contributed by atoms with van der Waals surface area (Å²) in [4.78, 5) is 15.4. The van der Waals surface area contributed by atoms with E-state index in [1.54, 1.807) is 0 Å². The van der Waals surface area contributed by atoms with Crippen LogP contribution < -0.4 is 5.32 Å². The second kappa shape index (κ2) is 5.86. The third-order valence-electron chi connectivity index (χ3n) is 2.45. The van der Waals surface area contributed by atoms with Crippen molar-refractivity contribution in [2.24, 2.45) is 0 Å². The molecule has 0 saturated carbocycles. The van der Waals surface area contributed by atoms with E-state index in [-0.39, 0.29) is 6.03 Å². The van der Waals surface area contributed by atoms with Crippen molar-refractivity contribution in [1.29, 1.82) is 0 Å². The maximum Gasteiger partial charge on any atom is 0.317 e. The van der Waals surface area contributed by atoms with Gasteiger partial charge in [-0.25, -0.2) is 4.79 Å². The number of urea groups is 1. The topological polar surface area (TPSA) is 35.6 Å². The average Bonchev–Trinajstić information content (AvgIpc) is 2.15. The molecule has 0 radical (unpaired) electrons. The minimum absolute atomic E-state index is 0.112. The molecule has 0 aromatic rings. The third kappa shape index (κ3) is 3.96. The Balaban J connectivity index is 2.07. The Morgan fingerprint density at radius 1 is 1.43 bits per heavy atom. The van der Waals surface area contributed by atoms with Gasteiger partial charge < -0.3 is 15.1 Å². The highest BCUT2D eigenvalue weighted by Crippen LogP contribution is 2.02. The predicted molar refractivity (Wildman–Crippen MR) is 57.4 cm³/mol. The maximum atomic E-state index is 11.3. The molecule has 0 aromatic heterocycles. The predicted octanol–water partition coefficient (Wildman–Crippen LogP) is 0.744. The van der Waals surface area contributed by atoms with Gasteiger partial charge in [0.1, 0.15) is 0 Å². The molecular formula is C10H21N3O. The molecule has 0 bridgehead atoms. The summed E-state index contributed by atoms with van der Waals surface area (Å²) in [5.74, 6) is 0. The fourth-order valence-corrected chi connectivity index (χ4v) is 1.62. The van der Waals surface area contributed by atoms with Crippen molar-refractivity contribution < 1.29 is 4.79 Å². The van der Waals surface area contributed by atoms with E-state index in [2.05, 4.69) is 24.3 Å². The largest absolute Gasteiger partial charge is 0.338 e. The van der Waals surface area contributed by atoms with E-state index in [0.717, 1.165) is 45.4 Å². The zero-order valence-electron chi connectivity index (χ0n) is 9.25. The summed E-state index contributed by atoms with van der Waals surface area (Å²) >= 11 is 0. The van der Waals surface area contributed by atoms with Gasteiger partial charge in [-0.2, -0.15) is 0 Å². The average molecular weight is 199 g/mol. The van der Waals surface area contributed by atoms with Crippen LogP contribution in [0.5, 0.6) is 0 Å². The molecule has 1 rings (SSSR count). The van der Waals surface area contributed by atoms with Crippen LogP contribution in [0.15, 0.2) is 0 Å². The molecule has 0 unspecified atom stereocenters. The molecule has 4 heteroatoms. The summed E-state index contributed by atoms with van der Waals surface area (Å²) in [6.45, 7) is 3.77. The summed E-state index contributed by atoms with van der Waals surface area (Å²) in [6.07, 6.45) is 3.35. The number of amides is 2. The minimum atomic E-state index is 0.112. The number of nitrogens with one attached hydrogen (secondary N) is 1. The minimum Gasteiger partial charge on any atom is -0.338 e. The lowest BCUT2D eigenvalue weighted by Gasteiger charge is -2.27. The molecule has 1 aliphatic heterocycles. The van der Waals surface area contributed by atoms with Crippen molar-refractivity contribution in [3.8, 4) is 0 Å². The molecule has 1 saturated heterocycles. The van der Waals surface area contributed by atoms with Crippen LogP contribution in [0, 0.1) is 0 Å². The first-order valence-corrected chi connectivity index (χ1v) is 5.37. The first-order valence-electron chi connectivity index (χ1n) is 5.37. The van der Waals surface area contributed by atoms with E-state index in [1.165, 1.54) is 0 Å². The number of hydrogen-bond acceptors (Lipinski definition) is 2. The van der Waals surface area contributed by atoms with Crippen LogP contribution in [0.4, 0.5) is 4.79 Å². The fraction of sp³-hybridized carbons (Fsp3) is 0.900. The third-order valence-corrected chi connectivity index (χ3v) is 2.45. The molecule has 2 amide bonds. The van der Waals surface area contributed by atoms with Gasteiger partial charge in [0, 0.05) is 19.6 Å². The monoisotopic (exact) mass is 199 g/mol. The standard InChI is InChI=1S/C10H21N3O/c1-12(2)7-3-4-8-13-9-5-6-11-10(13)14/h3-9H2,1-2H3,(H,11,14). The van der Waals surface area contributed by atoms with Crippen LogP contribution in [-0.2, 0) is 0 Å². The van der Waals surface area contributed by atoms with E-state index < -0.39 is 0 Å². The van der Waals surface area contributed by atoms with Gasteiger partial charge in [-0.3, -0.25) is 0 Å². The van der Waals surface area contributed by atoms with Gasteiger partial charge in [0.25, 0.3) is 0 Å². The molecule has 0 aliphatic carbocycles. The van der Waals surface area contributed by atoms with E-state index in [1.807, 2.05) is 4.90 Å². The van der Waals surface area contributed by atoms with E-state index in [9.17, 15) is 4.79 Å². The molecule has 0 atom stereocenters. The summed E-state index contributed by atoms with van der Waals surface area (Å²) in [6, 6.07) is 0.112. The normalized spacial score (nSPS) is 17.4. The van der Waals surface area contributed by atoms with Gasteiger partial charge in [-0.15, -0.1) is 0 Å². The van der Waals surface area contributed by atoms with Gasteiger partial charge in [0.2, 0.25) is 0 Å². The number of hydrogen-bond donors (Lipinski definition) is 1. The SMILES string of the molecule is CN(C)CCCCN1CCCNC1=O. The number of carbonyl (C=O) groups excluding carboxylic acids is 1. The van der Waals surface area contributed by atoms with Crippen molar-refractivity contribution in [1.82, 2.24) is 15.1 Å². The number of carbonyl (C=O) groups is 1. The molecule has 82 valence electrons. The Kier molecular flexibility index (Phi) is 4.73. The Morgan fingerprint density at radius 3 is 2.86 bits per heavy atom. The molecule has 1 aliphatic rings. The van der Waals surface area contributed by atoms with Crippen LogP contribution >= 0.6 is 0 Å². The van der Waals surface area contributed by atoms with Crippen molar-refractivity contribution >= 4 is 6.03 Å². The maximum absolute atomic E-state index is 11.3. The summed E-state index contributed by atoms with van der Waals surface area (Å²) in [5, 5.41) is 2.86. The number of rotatable bonds is 5. The molecule has 4 nitrogen and oxygen atoms in total. The van der Waals surface area contributed by atoms with Crippen molar-refractivity contribution in [2.45, 2.75) is 19.3 Å². The van der Waals surface area contributed by atoms with Crippen LogP contribution in [0.25, 0.3) is 0 Å². The van der Waals surface area contributed by atoms with Gasteiger partial charge in [-0.1, -0.05) is 0 Å². The Labute approximate surface area is 86.2 Å². The van der Waals surface area contributed by atoms with Gasteiger partial charge in [0.05, 0.1) is 0 Å².